The average molecular weight is 292 g/mol. The maximum Gasteiger partial charge on any atom is 0.142 e. The number of aromatic nitrogens is 3. The van der Waals surface area contributed by atoms with Crippen LogP contribution in [0, 0.1) is 6.92 Å². The molecule has 1 saturated carbocycles. The van der Waals surface area contributed by atoms with Gasteiger partial charge >= 0.3 is 0 Å². The number of pyridine rings is 2. The first kappa shape index (κ1) is 13.3. The molecule has 1 fully saturated rings. The largest absolute Gasteiger partial charge is 0.367 e. The van der Waals surface area contributed by atoms with Gasteiger partial charge in [0.2, 0.25) is 0 Å². The molecule has 3 aromatic heterocycles. The van der Waals surface area contributed by atoms with Crippen LogP contribution in [0.2, 0.25) is 0 Å². The summed E-state index contributed by atoms with van der Waals surface area (Å²) in [4.78, 5) is 9.13. The fourth-order valence-corrected chi connectivity index (χ4v) is 3.31. The quantitative estimate of drug-likeness (QED) is 0.791. The Bertz CT molecular complexity index is 785. The molecule has 1 N–H and O–H groups in total. The molecular weight excluding hydrogens is 272 g/mol. The van der Waals surface area contributed by atoms with Gasteiger partial charge in [0.25, 0.3) is 0 Å². The van der Waals surface area contributed by atoms with Gasteiger partial charge in [0, 0.05) is 30.2 Å². The van der Waals surface area contributed by atoms with Crippen molar-refractivity contribution in [3.05, 3.63) is 48.4 Å². The minimum atomic E-state index is 0.552. The van der Waals surface area contributed by atoms with Crippen molar-refractivity contribution in [1.29, 1.82) is 0 Å². The highest BCUT2D eigenvalue weighted by Crippen LogP contribution is 2.32. The summed E-state index contributed by atoms with van der Waals surface area (Å²) in [6.07, 6.45) is 10.9. The fraction of sp³-hybridized carbons (Fsp3) is 0.333. The molecule has 0 radical (unpaired) electrons. The Morgan fingerprint density at radius 1 is 1.18 bits per heavy atom. The molecule has 22 heavy (non-hydrogen) atoms. The van der Waals surface area contributed by atoms with E-state index < -0.39 is 0 Å². The number of hydrogen-bond donors (Lipinski definition) is 1. The predicted molar refractivity (Wildman–Crippen MR) is 89.0 cm³/mol. The van der Waals surface area contributed by atoms with E-state index in [2.05, 4.69) is 46.0 Å². The Balaban J connectivity index is 1.88. The van der Waals surface area contributed by atoms with Gasteiger partial charge in [-0.05, 0) is 43.5 Å². The van der Waals surface area contributed by atoms with Crippen LogP contribution in [0.15, 0.2) is 42.9 Å². The Labute approximate surface area is 130 Å². The molecule has 0 saturated heterocycles. The standard InChI is InChI=1S/C18H20N4/c1-13-6-5-11-22-17(13)21-16(14-7-4-10-19-12-14)18(22)20-15-8-2-3-9-15/h4-7,10-12,15,20H,2-3,8-9H2,1H3. The molecule has 0 atom stereocenters. The smallest absolute Gasteiger partial charge is 0.142 e. The van der Waals surface area contributed by atoms with Crippen molar-refractivity contribution < 1.29 is 0 Å². The maximum atomic E-state index is 4.88. The van der Waals surface area contributed by atoms with E-state index in [0.29, 0.717) is 6.04 Å². The molecule has 1 aliphatic rings. The molecule has 4 nitrogen and oxygen atoms in total. The van der Waals surface area contributed by atoms with Crippen LogP contribution < -0.4 is 5.32 Å². The van der Waals surface area contributed by atoms with Gasteiger partial charge in [-0.25, -0.2) is 4.98 Å². The van der Waals surface area contributed by atoms with Gasteiger partial charge in [-0.15, -0.1) is 0 Å². The van der Waals surface area contributed by atoms with Crippen molar-refractivity contribution in [2.45, 2.75) is 38.6 Å². The van der Waals surface area contributed by atoms with Crippen molar-refractivity contribution >= 4 is 11.5 Å². The van der Waals surface area contributed by atoms with E-state index in [-0.39, 0.29) is 0 Å². The molecule has 0 unspecified atom stereocenters. The summed E-state index contributed by atoms with van der Waals surface area (Å²) in [6.45, 7) is 2.11. The lowest BCUT2D eigenvalue weighted by Crippen LogP contribution is -2.16. The first-order chi connectivity index (χ1) is 10.8. The molecule has 0 amide bonds. The number of hydrogen-bond acceptors (Lipinski definition) is 3. The van der Waals surface area contributed by atoms with Crippen LogP contribution in [0.5, 0.6) is 0 Å². The zero-order valence-corrected chi connectivity index (χ0v) is 12.8. The van der Waals surface area contributed by atoms with Gasteiger partial charge in [-0.1, -0.05) is 18.9 Å². The highest BCUT2D eigenvalue weighted by Gasteiger charge is 2.20. The zero-order chi connectivity index (χ0) is 14.9. The second-order valence-electron chi connectivity index (χ2n) is 6.06. The molecule has 4 rings (SSSR count). The first-order valence-corrected chi connectivity index (χ1v) is 7.97. The van der Waals surface area contributed by atoms with Crippen LogP contribution in [-0.2, 0) is 0 Å². The highest BCUT2D eigenvalue weighted by molar-refractivity contribution is 5.77. The van der Waals surface area contributed by atoms with Crippen molar-refractivity contribution in [1.82, 2.24) is 14.4 Å². The van der Waals surface area contributed by atoms with E-state index in [1.165, 1.54) is 31.2 Å². The third kappa shape index (κ3) is 2.25. The zero-order valence-electron chi connectivity index (χ0n) is 12.8. The second kappa shape index (κ2) is 5.44. The number of nitrogens with zero attached hydrogens (tertiary/aromatic N) is 3. The van der Waals surface area contributed by atoms with Crippen LogP contribution in [-0.4, -0.2) is 20.4 Å². The van der Waals surface area contributed by atoms with Gasteiger partial charge in [0.1, 0.15) is 17.2 Å². The molecule has 0 spiro atoms. The van der Waals surface area contributed by atoms with E-state index >= 15 is 0 Å². The first-order valence-electron chi connectivity index (χ1n) is 7.97. The molecule has 0 aromatic carbocycles. The van der Waals surface area contributed by atoms with Crippen LogP contribution in [0.4, 0.5) is 5.82 Å². The van der Waals surface area contributed by atoms with Crippen LogP contribution in [0.25, 0.3) is 16.9 Å². The summed E-state index contributed by atoms with van der Waals surface area (Å²) in [5.74, 6) is 1.10. The van der Waals surface area contributed by atoms with Crippen molar-refractivity contribution in [3.63, 3.8) is 0 Å². The summed E-state index contributed by atoms with van der Waals surface area (Å²) in [7, 11) is 0. The number of rotatable bonds is 3. The number of anilines is 1. The van der Waals surface area contributed by atoms with Crippen LogP contribution in [0.1, 0.15) is 31.2 Å². The number of fused-ring (bicyclic) bond motifs is 1. The van der Waals surface area contributed by atoms with Crippen molar-refractivity contribution in [2.75, 3.05) is 5.32 Å². The molecule has 0 bridgehead atoms. The van der Waals surface area contributed by atoms with E-state index in [1.807, 2.05) is 12.3 Å². The Morgan fingerprint density at radius 2 is 2.05 bits per heavy atom. The molecule has 1 aliphatic carbocycles. The lowest BCUT2D eigenvalue weighted by Gasteiger charge is -2.14. The summed E-state index contributed by atoms with van der Waals surface area (Å²) >= 11 is 0. The molecule has 3 heterocycles. The fourth-order valence-electron chi connectivity index (χ4n) is 3.31. The lowest BCUT2D eigenvalue weighted by atomic mass is 10.2. The molecule has 4 heteroatoms. The van der Waals surface area contributed by atoms with E-state index in [0.717, 1.165) is 22.7 Å². The SMILES string of the molecule is Cc1cccn2c(NC3CCCC3)c(-c3cccnc3)nc12. The maximum absolute atomic E-state index is 4.88. The molecule has 112 valence electrons. The average Bonchev–Trinajstić information content (AvgIpc) is 3.18. The minimum absolute atomic E-state index is 0.552. The van der Waals surface area contributed by atoms with Gasteiger partial charge in [-0.2, -0.15) is 0 Å². The Hall–Kier alpha value is -2.36. The topological polar surface area (TPSA) is 42.2 Å². The Kier molecular flexibility index (Phi) is 3.29. The summed E-state index contributed by atoms with van der Waals surface area (Å²) < 4.78 is 2.18. The molecule has 3 aromatic rings. The van der Waals surface area contributed by atoms with Crippen molar-refractivity contribution in [3.8, 4) is 11.3 Å². The van der Waals surface area contributed by atoms with Gasteiger partial charge in [0.15, 0.2) is 0 Å². The normalized spacial score (nSPS) is 15.5. The lowest BCUT2D eigenvalue weighted by molar-refractivity contribution is 0.749. The minimum Gasteiger partial charge on any atom is -0.367 e. The third-order valence-electron chi connectivity index (χ3n) is 4.48. The number of imidazole rings is 1. The van der Waals surface area contributed by atoms with E-state index in [9.17, 15) is 0 Å². The third-order valence-corrected chi connectivity index (χ3v) is 4.48. The molecule has 0 aliphatic heterocycles. The second-order valence-corrected chi connectivity index (χ2v) is 6.06. The van der Waals surface area contributed by atoms with Gasteiger partial charge < -0.3 is 5.32 Å². The van der Waals surface area contributed by atoms with Crippen LogP contribution >= 0.6 is 0 Å². The van der Waals surface area contributed by atoms with Gasteiger partial charge in [-0.3, -0.25) is 9.38 Å². The summed E-state index contributed by atoms with van der Waals surface area (Å²) in [5.41, 5.74) is 4.26. The molecular formula is C18H20N4. The summed E-state index contributed by atoms with van der Waals surface area (Å²) in [6, 6.07) is 8.77. The predicted octanol–water partition coefficient (Wildman–Crippen LogP) is 4.06. The van der Waals surface area contributed by atoms with Gasteiger partial charge in [0.05, 0.1) is 0 Å². The van der Waals surface area contributed by atoms with E-state index in [4.69, 9.17) is 4.98 Å². The highest BCUT2D eigenvalue weighted by atomic mass is 15.1. The summed E-state index contributed by atoms with van der Waals surface area (Å²) in [5, 5.41) is 3.73. The number of aryl methyl sites for hydroxylation is 1. The Morgan fingerprint density at radius 3 is 2.82 bits per heavy atom. The number of nitrogens with one attached hydrogen (secondary N) is 1. The van der Waals surface area contributed by atoms with E-state index in [1.54, 1.807) is 6.20 Å². The van der Waals surface area contributed by atoms with Crippen molar-refractivity contribution in [2.24, 2.45) is 0 Å². The monoisotopic (exact) mass is 292 g/mol. The van der Waals surface area contributed by atoms with Crippen LogP contribution in [0.3, 0.4) is 0 Å².